The minimum atomic E-state index is -0.962. The molecule has 4 rings (SSSR count). The van der Waals surface area contributed by atoms with Crippen LogP contribution in [0.1, 0.15) is 51.3 Å². The first-order valence-electron chi connectivity index (χ1n) is 14.5. The second kappa shape index (κ2) is 14.0. The molecular formula is C33H41N5O5. The topological polar surface area (TPSA) is 108 Å². The van der Waals surface area contributed by atoms with Crippen molar-refractivity contribution in [2.75, 3.05) is 27.4 Å². The van der Waals surface area contributed by atoms with E-state index in [9.17, 15) is 9.59 Å². The second-order valence-electron chi connectivity index (χ2n) is 10.9. The Morgan fingerprint density at radius 1 is 0.953 bits per heavy atom. The maximum Gasteiger partial charge on any atom is 0.248 e. The number of aromatic nitrogens is 3. The standard InChI is InChI=1S/C33H41N5O5/c1-7-33(3,4)34-32(40)31(24-13-9-12-16-27(24)43-8-2)37(20-19-23-17-18-28(41-5)29(21-23)42-6)30(39)22-38-26-15-11-10-14-25(26)35-36-38/h9-18,21,31H,7-8,19-20,22H2,1-6H3,(H,34,40)/t31-/m0/s1. The van der Waals surface area contributed by atoms with Crippen LogP contribution >= 0.6 is 0 Å². The lowest BCUT2D eigenvalue weighted by Crippen LogP contribution is -2.51. The third-order valence-corrected chi connectivity index (χ3v) is 7.53. The number of hydrogen-bond donors (Lipinski definition) is 1. The summed E-state index contributed by atoms with van der Waals surface area (Å²) >= 11 is 0. The highest BCUT2D eigenvalue weighted by molar-refractivity contribution is 5.90. The van der Waals surface area contributed by atoms with Crippen LogP contribution in [0.25, 0.3) is 11.0 Å². The number of nitrogens with zero attached hydrogens (tertiary/aromatic N) is 4. The van der Waals surface area contributed by atoms with Gasteiger partial charge in [-0.1, -0.05) is 48.5 Å². The smallest absolute Gasteiger partial charge is 0.248 e. The fourth-order valence-electron chi connectivity index (χ4n) is 4.87. The normalized spacial score (nSPS) is 12.0. The maximum atomic E-state index is 14.3. The summed E-state index contributed by atoms with van der Waals surface area (Å²) in [7, 11) is 3.17. The van der Waals surface area contributed by atoms with Gasteiger partial charge in [-0.3, -0.25) is 9.59 Å². The quantitative estimate of drug-likeness (QED) is 0.222. The highest BCUT2D eigenvalue weighted by Crippen LogP contribution is 2.33. The summed E-state index contributed by atoms with van der Waals surface area (Å²) in [6, 6.07) is 19.5. The molecule has 1 N–H and O–H groups in total. The third kappa shape index (κ3) is 7.43. The van der Waals surface area contributed by atoms with E-state index in [1.807, 2.05) is 94.4 Å². The fraction of sp³-hybridized carbons (Fsp3) is 0.394. The zero-order chi connectivity index (χ0) is 31.0. The van der Waals surface area contributed by atoms with Crippen LogP contribution in [0.5, 0.6) is 17.2 Å². The van der Waals surface area contributed by atoms with Crippen molar-refractivity contribution in [2.45, 2.75) is 58.7 Å². The first-order chi connectivity index (χ1) is 20.7. The Balaban J connectivity index is 1.78. The summed E-state index contributed by atoms with van der Waals surface area (Å²) in [4.78, 5) is 30.1. The largest absolute Gasteiger partial charge is 0.494 e. The SMILES string of the molecule is CCOc1ccccc1[C@@H](C(=O)NC(C)(C)CC)N(CCc1ccc(OC)c(OC)c1)C(=O)Cn1nnc2ccccc21. The zero-order valence-corrected chi connectivity index (χ0v) is 25.8. The van der Waals surface area contributed by atoms with Gasteiger partial charge in [0.15, 0.2) is 11.5 Å². The molecule has 10 nitrogen and oxygen atoms in total. The molecule has 0 spiro atoms. The number of ether oxygens (including phenoxy) is 3. The van der Waals surface area contributed by atoms with Gasteiger partial charge in [-0.05, 0) is 69.5 Å². The van der Waals surface area contributed by atoms with Gasteiger partial charge in [0, 0.05) is 17.6 Å². The number of carbonyl (C=O) groups is 2. The maximum absolute atomic E-state index is 14.3. The van der Waals surface area contributed by atoms with Crippen molar-refractivity contribution in [3.63, 3.8) is 0 Å². The molecule has 0 aliphatic carbocycles. The number of benzene rings is 3. The number of fused-ring (bicyclic) bond motifs is 1. The summed E-state index contributed by atoms with van der Waals surface area (Å²) in [5.74, 6) is 1.18. The number of rotatable bonds is 14. The Morgan fingerprint density at radius 3 is 2.40 bits per heavy atom. The van der Waals surface area contributed by atoms with Gasteiger partial charge in [-0.15, -0.1) is 5.10 Å². The molecule has 43 heavy (non-hydrogen) atoms. The van der Waals surface area contributed by atoms with E-state index in [1.54, 1.807) is 23.8 Å². The lowest BCUT2D eigenvalue weighted by atomic mass is 9.97. The molecule has 1 heterocycles. The lowest BCUT2D eigenvalue weighted by molar-refractivity contribution is -0.142. The second-order valence-corrected chi connectivity index (χ2v) is 10.9. The van der Waals surface area contributed by atoms with Crippen molar-refractivity contribution >= 4 is 22.8 Å². The van der Waals surface area contributed by atoms with E-state index in [2.05, 4.69) is 15.6 Å². The van der Waals surface area contributed by atoms with Crippen molar-refractivity contribution in [3.05, 3.63) is 77.9 Å². The molecule has 0 saturated heterocycles. The monoisotopic (exact) mass is 587 g/mol. The summed E-state index contributed by atoms with van der Waals surface area (Å²) < 4.78 is 18.4. The Hall–Kier alpha value is -4.60. The van der Waals surface area contributed by atoms with E-state index < -0.39 is 11.6 Å². The van der Waals surface area contributed by atoms with Crippen LogP contribution in [0.15, 0.2) is 66.7 Å². The van der Waals surface area contributed by atoms with E-state index in [-0.39, 0.29) is 24.9 Å². The molecule has 0 unspecified atom stereocenters. The molecule has 0 saturated carbocycles. The molecule has 0 radical (unpaired) electrons. The highest BCUT2D eigenvalue weighted by atomic mass is 16.5. The average Bonchev–Trinajstić information content (AvgIpc) is 3.41. The molecule has 1 atom stereocenters. The Bertz CT molecular complexity index is 1550. The molecule has 0 fully saturated rings. The van der Waals surface area contributed by atoms with Crippen LogP contribution in [-0.2, 0) is 22.6 Å². The van der Waals surface area contributed by atoms with E-state index in [0.29, 0.717) is 47.8 Å². The minimum absolute atomic E-state index is 0.0931. The molecule has 4 aromatic rings. The number of para-hydroxylation sites is 2. The molecule has 228 valence electrons. The predicted octanol–water partition coefficient (Wildman–Crippen LogP) is 4.96. The van der Waals surface area contributed by atoms with Gasteiger partial charge in [-0.2, -0.15) is 0 Å². The minimum Gasteiger partial charge on any atom is -0.494 e. The van der Waals surface area contributed by atoms with Crippen LogP contribution in [0.4, 0.5) is 0 Å². The molecule has 0 aliphatic rings. The van der Waals surface area contributed by atoms with Gasteiger partial charge in [0.2, 0.25) is 11.8 Å². The van der Waals surface area contributed by atoms with E-state index >= 15 is 0 Å². The van der Waals surface area contributed by atoms with E-state index in [4.69, 9.17) is 14.2 Å². The number of hydrogen-bond acceptors (Lipinski definition) is 7. The number of methoxy groups -OCH3 is 2. The van der Waals surface area contributed by atoms with E-state index in [0.717, 1.165) is 11.1 Å². The van der Waals surface area contributed by atoms with Crippen LogP contribution in [-0.4, -0.2) is 64.6 Å². The Kier molecular flexibility index (Phi) is 10.2. The van der Waals surface area contributed by atoms with Gasteiger partial charge in [0.25, 0.3) is 0 Å². The van der Waals surface area contributed by atoms with Gasteiger partial charge in [-0.25, -0.2) is 4.68 Å². The summed E-state index contributed by atoms with van der Waals surface area (Å²) in [6.07, 6.45) is 1.17. The van der Waals surface area contributed by atoms with E-state index in [1.165, 1.54) is 0 Å². The molecule has 10 heteroatoms. The fourth-order valence-corrected chi connectivity index (χ4v) is 4.87. The van der Waals surface area contributed by atoms with Crippen molar-refractivity contribution in [3.8, 4) is 17.2 Å². The number of amides is 2. The lowest BCUT2D eigenvalue weighted by Gasteiger charge is -2.35. The highest BCUT2D eigenvalue weighted by Gasteiger charge is 2.36. The van der Waals surface area contributed by atoms with Crippen LogP contribution in [0.2, 0.25) is 0 Å². The Morgan fingerprint density at radius 2 is 1.67 bits per heavy atom. The summed E-state index contributed by atoms with van der Waals surface area (Å²) in [5.41, 5.74) is 2.47. The molecular weight excluding hydrogens is 546 g/mol. The molecule has 1 aromatic heterocycles. The number of carbonyl (C=O) groups excluding carboxylic acids is 2. The first-order valence-corrected chi connectivity index (χ1v) is 14.5. The molecule has 2 amide bonds. The summed E-state index contributed by atoms with van der Waals surface area (Å²) in [5, 5.41) is 11.6. The van der Waals surface area contributed by atoms with Crippen LogP contribution in [0, 0.1) is 0 Å². The third-order valence-electron chi connectivity index (χ3n) is 7.53. The number of nitrogens with one attached hydrogen (secondary N) is 1. The summed E-state index contributed by atoms with van der Waals surface area (Å²) in [6.45, 7) is 8.40. The van der Waals surface area contributed by atoms with Crippen molar-refractivity contribution in [1.82, 2.24) is 25.2 Å². The average molecular weight is 588 g/mol. The van der Waals surface area contributed by atoms with Gasteiger partial charge in [0.1, 0.15) is 23.9 Å². The van der Waals surface area contributed by atoms with Gasteiger partial charge < -0.3 is 24.4 Å². The predicted molar refractivity (Wildman–Crippen MR) is 165 cm³/mol. The molecule has 0 aliphatic heterocycles. The Labute approximate surface area is 252 Å². The molecule has 0 bridgehead atoms. The van der Waals surface area contributed by atoms with Crippen LogP contribution in [0.3, 0.4) is 0 Å². The zero-order valence-electron chi connectivity index (χ0n) is 25.8. The van der Waals surface area contributed by atoms with Crippen molar-refractivity contribution < 1.29 is 23.8 Å². The van der Waals surface area contributed by atoms with Gasteiger partial charge >= 0.3 is 0 Å². The van der Waals surface area contributed by atoms with Crippen molar-refractivity contribution in [2.24, 2.45) is 0 Å². The first kappa shape index (κ1) is 31.3. The molecule has 3 aromatic carbocycles. The van der Waals surface area contributed by atoms with Gasteiger partial charge in [0.05, 0.1) is 26.3 Å². The van der Waals surface area contributed by atoms with Crippen LogP contribution < -0.4 is 19.5 Å². The van der Waals surface area contributed by atoms with Crippen molar-refractivity contribution in [1.29, 1.82) is 0 Å².